The van der Waals surface area contributed by atoms with E-state index in [-0.39, 0.29) is 0 Å². The Morgan fingerprint density at radius 2 is 1.89 bits per heavy atom. The summed E-state index contributed by atoms with van der Waals surface area (Å²) in [7, 11) is 0. The van der Waals surface area contributed by atoms with E-state index in [1.807, 2.05) is 0 Å². The van der Waals surface area contributed by atoms with Gasteiger partial charge in [-0.15, -0.1) is 0 Å². The van der Waals surface area contributed by atoms with Crippen LogP contribution in [-0.2, 0) is 4.74 Å². The van der Waals surface area contributed by atoms with Crippen molar-refractivity contribution in [2.24, 2.45) is 23.5 Å². The molecule has 0 bridgehead atoms. The maximum absolute atomic E-state index is 6.11. The molecule has 2 N–H and O–H groups in total. The molecule has 110 valence electrons. The first kappa shape index (κ1) is 13.8. The normalized spacial score (nSPS) is 38.7. The fourth-order valence-corrected chi connectivity index (χ4v) is 4.64. The smallest absolute Gasteiger partial charge is 0.0509 e. The Balaban J connectivity index is 1.60. The Labute approximate surface area is 117 Å². The minimum atomic E-state index is 0.572. The number of hydrogen-bond acceptors (Lipinski definition) is 3. The second kappa shape index (κ2) is 6.55. The highest BCUT2D eigenvalue weighted by Crippen LogP contribution is 2.37. The minimum Gasteiger partial charge on any atom is -0.381 e. The molecule has 0 amide bonds. The lowest BCUT2D eigenvalue weighted by atomic mass is 9.74. The summed E-state index contributed by atoms with van der Waals surface area (Å²) in [5.41, 5.74) is 6.11. The summed E-state index contributed by atoms with van der Waals surface area (Å²) in [5, 5.41) is 0. The van der Waals surface area contributed by atoms with Crippen molar-refractivity contribution in [3.63, 3.8) is 0 Å². The quantitative estimate of drug-likeness (QED) is 0.851. The van der Waals surface area contributed by atoms with Gasteiger partial charge in [0, 0.05) is 25.7 Å². The molecule has 2 saturated heterocycles. The Kier molecular flexibility index (Phi) is 4.78. The van der Waals surface area contributed by atoms with Crippen LogP contribution in [0.3, 0.4) is 0 Å². The number of ether oxygens (including phenoxy) is 1. The molecule has 0 aromatic heterocycles. The van der Waals surface area contributed by atoms with Crippen molar-refractivity contribution in [2.75, 3.05) is 32.8 Å². The largest absolute Gasteiger partial charge is 0.381 e. The van der Waals surface area contributed by atoms with Crippen LogP contribution in [0, 0.1) is 17.8 Å². The molecule has 1 saturated carbocycles. The molecule has 0 aromatic rings. The highest BCUT2D eigenvalue weighted by Gasteiger charge is 2.36. The first-order valence-electron chi connectivity index (χ1n) is 8.40. The van der Waals surface area contributed by atoms with E-state index in [0.717, 1.165) is 31.6 Å². The second-order valence-electron chi connectivity index (χ2n) is 6.87. The highest BCUT2D eigenvalue weighted by molar-refractivity contribution is 4.89. The van der Waals surface area contributed by atoms with Gasteiger partial charge in [0.1, 0.15) is 0 Å². The van der Waals surface area contributed by atoms with E-state index in [0.29, 0.717) is 12.0 Å². The van der Waals surface area contributed by atoms with E-state index in [1.54, 1.807) is 0 Å². The first-order chi connectivity index (χ1) is 9.38. The molecule has 0 spiro atoms. The van der Waals surface area contributed by atoms with Gasteiger partial charge in [-0.05, 0) is 50.0 Å². The van der Waals surface area contributed by atoms with E-state index >= 15 is 0 Å². The molecule has 3 nitrogen and oxygen atoms in total. The van der Waals surface area contributed by atoms with Crippen molar-refractivity contribution in [1.29, 1.82) is 0 Å². The number of fused-ring (bicyclic) bond motifs is 1. The molecule has 2 heterocycles. The first-order valence-corrected chi connectivity index (χ1v) is 8.40. The number of hydrogen-bond donors (Lipinski definition) is 1. The molecule has 19 heavy (non-hydrogen) atoms. The van der Waals surface area contributed by atoms with E-state index in [2.05, 4.69) is 4.90 Å². The Hall–Kier alpha value is -0.120. The summed E-state index contributed by atoms with van der Waals surface area (Å²) >= 11 is 0. The van der Waals surface area contributed by atoms with Crippen LogP contribution in [0.2, 0.25) is 0 Å². The molecule has 0 aromatic carbocycles. The molecule has 2 aliphatic heterocycles. The van der Waals surface area contributed by atoms with Crippen LogP contribution in [0.1, 0.15) is 44.9 Å². The molecule has 3 aliphatic rings. The molecule has 3 fully saturated rings. The van der Waals surface area contributed by atoms with Gasteiger partial charge in [0.15, 0.2) is 0 Å². The average molecular weight is 266 g/mol. The van der Waals surface area contributed by atoms with Crippen LogP contribution in [0.25, 0.3) is 0 Å². The lowest BCUT2D eigenvalue weighted by molar-refractivity contribution is -0.0142. The van der Waals surface area contributed by atoms with Gasteiger partial charge in [0.2, 0.25) is 0 Å². The van der Waals surface area contributed by atoms with E-state index < -0.39 is 0 Å². The number of nitrogens with zero attached hydrogens (tertiary/aromatic N) is 1. The fraction of sp³-hybridized carbons (Fsp3) is 1.00. The van der Waals surface area contributed by atoms with Gasteiger partial charge in [-0.1, -0.05) is 19.3 Å². The van der Waals surface area contributed by atoms with Gasteiger partial charge in [-0.2, -0.15) is 0 Å². The molecular weight excluding hydrogens is 236 g/mol. The van der Waals surface area contributed by atoms with Crippen LogP contribution in [0.4, 0.5) is 0 Å². The summed E-state index contributed by atoms with van der Waals surface area (Å²) < 4.78 is 5.68. The number of rotatable bonds is 3. The van der Waals surface area contributed by atoms with Crippen LogP contribution in [-0.4, -0.2) is 43.8 Å². The van der Waals surface area contributed by atoms with E-state index in [9.17, 15) is 0 Å². The van der Waals surface area contributed by atoms with Crippen molar-refractivity contribution in [2.45, 2.75) is 51.0 Å². The van der Waals surface area contributed by atoms with Crippen LogP contribution in [0.5, 0.6) is 0 Å². The monoisotopic (exact) mass is 266 g/mol. The third kappa shape index (κ3) is 3.14. The summed E-state index contributed by atoms with van der Waals surface area (Å²) in [6, 6.07) is 0.572. The predicted molar refractivity (Wildman–Crippen MR) is 78.0 cm³/mol. The molecule has 4 atom stereocenters. The summed E-state index contributed by atoms with van der Waals surface area (Å²) in [5.74, 6) is 2.66. The SMILES string of the molecule is NCC(C1CCCOC1)N1CCC2CCCCC2C1. The van der Waals surface area contributed by atoms with Gasteiger partial charge in [0.05, 0.1) is 6.61 Å². The molecule has 0 radical (unpaired) electrons. The Morgan fingerprint density at radius 3 is 2.63 bits per heavy atom. The van der Waals surface area contributed by atoms with Crippen LogP contribution >= 0.6 is 0 Å². The van der Waals surface area contributed by atoms with E-state index in [1.165, 1.54) is 58.0 Å². The third-order valence-corrected chi connectivity index (χ3v) is 5.77. The molecule has 1 aliphatic carbocycles. The van der Waals surface area contributed by atoms with Crippen LogP contribution in [0.15, 0.2) is 0 Å². The Bertz CT molecular complexity index is 278. The van der Waals surface area contributed by atoms with Crippen molar-refractivity contribution >= 4 is 0 Å². The topological polar surface area (TPSA) is 38.5 Å². The summed E-state index contributed by atoms with van der Waals surface area (Å²) in [6.45, 7) is 5.29. The fourth-order valence-electron chi connectivity index (χ4n) is 4.64. The molecular formula is C16H30N2O. The maximum atomic E-state index is 6.11. The molecule has 3 rings (SSSR count). The lowest BCUT2D eigenvalue weighted by Crippen LogP contribution is -2.53. The zero-order valence-electron chi connectivity index (χ0n) is 12.2. The van der Waals surface area contributed by atoms with Crippen molar-refractivity contribution < 1.29 is 4.74 Å². The Morgan fingerprint density at radius 1 is 1.05 bits per heavy atom. The minimum absolute atomic E-state index is 0.572. The zero-order chi connectivity index (χ0) is 13.1. The van der Waals surface area contributed by atoms with Gasteiger partial charge in [-0.3, -0.25) is 4.90 Å². The second-order valence-corrected chi connectivity index (χ2v) is 6.87. The van der Waals surface area contributed by atoms with Gasteiger partial charge in [0.25, 0.3) is 0 Å². The standard InChI is InChI=1S/C16H30N2O/c17-10-16(15-6-3-9-19-12-15)18-8-7-13-4-1-2-5-14(13)11-18/h13-16H,1-12,17H2. The third-order valence-electron chi connectivity index (χ3n) is 5.77. The zero-order valence-corrected chi connectivity index (χ0v) is 12.2. The summed E-state index contributed by atoms with van der Waals surface area (Å²) in [4.78, 5) is 2.71. The highest BCUT2D eigenvalue weighted by atomic mass is 16.5. The summed E-state index contributed by atoms with van der Waals surface area (Å²) in [6.07, 6.45) is 9.81. The van der Waals surface area contributed by atoms with Gasteiger partial charge >= 0.3 is 0 Å². The van der Waals surface area contributed by atoms with E-state index in [4.69, 9.17) is 10.5 Å². The number of likely N-dealkylation sites (tertiary alicyclic amines) is 1. The maximum Gasteiger partial charge on any atom is 0.0509 e. The molecule has 3 heteroatoms. The number of piperidine rings is 1. The molecule has 4 unspecified atom stereocenters. The van der Waals surface area contributed by atoms with Crippen molar-refractivity contribution in [3.8, 4) is 0 Å². The van der Waals surface area contributed by atoms with Crippen molar-refractivity contribution in [1.82, 2.24) is 4.90 Å². The average Bonchev–Trinajstić information content (AvgIpc) is 2.49. The van der Waals surface area contributed by atoms with Crippen LogP contribution < -0.4 is 5.73 Å². The number of nitrogens with two attached hydrogens (primary N) is 1. The van der Waals surface area contributed by atoms with Gasteiger partial charge < -0.3 is 10.5 Å². The van der Waals surface area contributed by atoms with Gasteiger partial charge in [-0.25, -0.2) is 0 Å². The predicted octanol–water partition coefficient (Wildman–Crippen LogP) is 2.25. The van der Waals surface area contributed by atoms with Crippen molar-refractivity contribution in [3.05, 3.63) is 0 Å². The lowest BCUT2D eigenvalue weighted by Gasteiger charge is -2.46.